The molecule has 0 saturated carbocycles. The minimum atomic E-state index is -4.47. The second-order valence-corrected chi connectivity index (χ2v) is 4.73. The van der Waals surface area contributed by atoms with Gasteiger partial charge in [0.1, 0.15) is 0 Å². The molecule has 0 N–H and O–H groups in total. The molecule has 19 heavy (non-hydrogen) atoms. The van der Waals surface area contributed by atoms with Gasteiger partial charge in [-0.25, -0.2) is 0 Å². The number of hydrogen-bond acceptors (Lipinski definition) is 1. The number of benzene rings is 1. The van der Waals surface area contributed by atoms with E-state index < -0.39 is 11.7 Å². The van der Waals surface area contributed by atoms with E-state index >= 15 is 0 Å². The minimum Gasteiger partial charge on any atom is -0.309 e. The van der Waals surface area contributed by atoms with Crippen molar-refractivity contribution in [3.8, 4) is 0 Å². The summed E-state index contributed by atoms with van der Waals surface area (Å²) < 4.78 is 39.2. The first-order valence-electron chi connectivity index (χ1n) is 6.18. The number of alkyl halides is 3. The van der Waals surface area contributed by atoms with Crippen LogP contribution in [-0.4, -0.2) is 11.9 Å². The van der Waals surface area contributed by atoms with Crippen LogP contribution in [-0.2, 0) is 11.0 Å². The summed E-state index contributed by atoms with van der Waals surface area (Å²) >= 11 is 0. The highest BCUT2D eigenvalue weighted by Crippen LogP contribution is 2.38. The molecule has 0 aliphatic heterocycles. The number of halogens is 3. The minimum absolute atomic E-state index is 0.0695. The fourth-order valence-electron chi connectivity index (χ4n) is 1.96. The van der Waals surface area contributed by atoms with E-state index in [0.717, 1.165) is 6.07 Å². The smallest absolute Gasteiger partial charge is 0.309 e. The maximum Gasteiger partial charge on any atom is 0.418 e. The lowest BCUT2D eigenvalue weighted by atomic mass is 10.1. The topological polar surface area (TPSA) is 20.3 Å². The van der Waals surface area contributed by atoms with Crippen LogP contribution in [0.25, 0.3) is 0 Å². The number of carbonyl (C=O) groups excluding carboxylic acids is 1. The third-order valence-electron chi connectivity index (χ3n) is 2.80. The summed E-state index contributed by atoms with van der Waals surface area (Å²) in [5.74, 6) is -0.315. The van der Waals surface area contributed by atoms with Crippen molar-refractivity contribution >= 4 is 11.6 Å². The van der Waals surface area contributed by atoms with Gasteiger partial charge in [0.15, 0.2) is 0 Å². The normalized spacial score (nSPS) is 11.8. The van der Waals surface area contributed by atoms with Gasteiger partial charge in [-0.3, -0.25) is 4.79 Å². The molecule has 1 amide bonds. The van der Waals surface area contributed by atoms with Crippen molar-refractivity contribution in [3.63, 3.8) is 0 Å². The summed E-state index contributed by atoms with van der Waals surface area (Å²) in [6, 6.07) is 3.71. The van der Waals surface area contributed by atoms with Crippen LogP contribution in [0.2, 0.25) is 0 Å². The molecule has 0 aliphatic carbocycles. The van der Waals surface area contributed by atoms with Crippen LogP contribution in [0.3, 0.4) is 0 Å². The van der Waals surface area contributed by atoms with Crippen molar-refractivity contribution in [2.24, 2.45) is 0 Å². The molecule has 0 spiro atoms. The third kappa shape index (κ3) is 3.49. The molecule has 1 rings (SSSR count). The van der Waals surface area contributed by atoms with Crippen LogP contribution in [0.15, 0.2) is 18.2 Å². The summed E-state index contributed by atoms with van der Waals surface area (Å²) in [5.41, 5.74) is -0.313. The standard InChI is InChI=1S/C14H18F3NO/c1-5-13(19)18(9(2)3)12-7-6-10(4)8-11(12)14(15,16)17/h6-9H,5H2,1-4H3. The van der Waals surface area contributed by atoms with Crippen LogP contribution >= 0.6 is 0 Å². The van der Waals surface area contributed by atoms with E-state index in [0.29, 0.717) is 5.56 Å². The Kier molecular flexibility index (Phi) is 4.61. The molecule has 0 aliphatic rings. The zero-order chi connectivity index (χ0) is 14.8. The molecule has 0 radical (unpaired) electrons. The maximum atomic E-state index is 13.1. The molecular formula is C14H18F3NO. The van der Waals surface area contributed by atoms with Crippen LogP contribution in [0.1, 0.15) is 38.3 Å². The third-order valence-corrected chi connectivity index (χ3v) is 2.80. The molecule has 2 nitrogen and oxygen atoms in total. The van der Waals surface area contributed by atoms with Crippen molar-refractivity contribution in [2.75, 3.05) is 4.90 Å². The van der Waals surface area contributed by atoms with Gasteiger partial charge in [-0.1, -0.05) is 18.6 Å². The van der Waals surface area contributed by atoms with E-state index in [1.807, 2.05) is 0 Å². The molecule has 1 aromatic carbocycles. The first kappa shape index (κ1) is 15.5. The Balaban J connectivity index is 3.43. The predicted molar refractivity (Wildman–Crippen MR) is 69.1 cm³/mol. The summed E-state index contributed by atoms with van der Waals surface area (Å²) in [4.78, 5) is 13.1. The van der Waals surface area contributed by atoms with Gasteiger partial charge in [-0.05, 0) is 32.9 Å². The van der Waals surface area contributed by atoms with Crippen LogP contribution in [0.5, 0.6) is 0 Å². The molecule has 0 atom stereocenters. The number of amides is 1. The molecule has 1 aromatic rings. The molecule has 0 fully saturated rings. The lowest BCUT2D eigenvalue weighted by Crippen LogP contribution is -2.37. The summed E-state index contributed by atoms with van der Waals surface area (Å²) in [6.07, 6.45) is -4.30. The monoisotopic (exact) mass is 273 g/mol. The van der Waals surface area contributed by atoms with Crippen molar-refractivity contribution in [2.45, 2.75) is 46.3 Å². The summed E-state index contributed by atoms with van der Waals surface area (Å²) in [7, 11) is 0. The number of aryl methyl sites for hydroxylation is 1. The molecule has 0 aromatic heterocycles. The van der Waals surface area contributed by atoms with Gasteiger partial charge in [0.25, 0.3) is 0 Å². The second kappa shape index (κ2) is 5.63. The van der Waals surface area contributed by atoms with Crippen LogP contribution < -0.4 is 4.90 Å². The highest BCUT2D eigenvalue weighted by molar-refractivity contribution is 5.94. The molecular weight excluding hydrogens is 255 g/mol. The Morgan fingerprint density at radius 1 is 1.32 bits per heavy atom. The Morgan fingerprint density at radius 2 is 1.89 bits per heavy atom. The average Bonchev–Trinajstić information content (AvgIpc) is 2.29. The van der Waals surface area contributed by atoms with Gasteiger partial charge in [0.2, 0.25) is 5.91 Å². The first-order chi connectivity index (χ1) is 8.68. The molecule has 0 bridgehead atoms. The molecule has 106 valence electrons. The lowest BCUT2D eigenvalue weighted by molar-refractivity contribution is -0.137. The molecule has 5 heteroatoms. The van der Waals surface area contributed by atoms with Crippen molar-refractivity contribution in [3.05, 3.63) is 29.3 Å². The van der Waals surface area contributed by atoms with Gasteiger partial charge < -0.3 is 4.90 Å². The SMILES string of the molecule is CCC(=O)N(c1ccc(C)cc1C(F)(F)F)C(C)C. The van der Waals surface area contributed by atoms with Crippen LogP contribution in [0, 0.1) is 6.92 Å². The summed E-state index contributed by atoms with van der Waals surface area (Å²) in [5, 5.41) is 0. The zero-order valence-electron chi connectivity index (χ0n) is 11.5. The fourth-order valence-corrected chi connectivity index (χ4v) is 1.96. The largest absolute Gasteiger partial charge is 0.418 e. The molecule has 0 unspecified atom stereocenters. The predicted octanol–water partition coefficient (Wildman–Crippen LogP) is 4.17. The maximum absolute atomic E-state index is 13.1. The van der Waals surface area contributed by atoms with Crippen molar-refractivity contribution in [1.82, 2.24) is 0 Å². The van der Waals surface area contributed by atoms with E-state index in [1.165, 1.54) is 11.0 Å². The van der Waals surface area contributed by atoms with Crippen molar-refractivity contribution < 1.29 is 18.0 Å². The second-order valence-electron chi connectivity index (χ2n) is 4.73. The lowest BCUT2D eigenvalue weighted by Gasteiger charge is -2.29. The number of hydrogen-bond donors (Lipinski definition) is 0. The van der Waals surface area contributed by atoms with E-state index in [4.69, 9.17) is 0 Å². The Labute approximate surface area is 111 Å². The van der Waals surface area contributed by atoms with Gasteiger partial charge in [0.05, 0.1) is 11.3 Å². The molecule has 0 heterocycles. The Bertz CT molecular complexity index is 466. The Morgan fingerprint density at radius 3 is 2.32 bits per heavy atom. The average molecular weight is 273 g/mol. The van der Waals surface area contributed by atoms with Gasteiger partial charge >= 0.3 is 6.18 Å². The van der Waals surface area contributed by atoms with E-state index in [1.54, 1.807) is 33.8 Å². The number of rotatable bonds is 3. The number of carbonyl (C=O) groups is 1. The number of nitrogens with zero attached hydrogens (tertiary/aromatic N) is 1. The van der Waals surface area contributed by atoms with E-state index in [2.05, 4.69) is 0 Å². The molecule has 0 saturated heterocycles. The van der Waals surface area contributed by atoms with Gasteiger partial charge in [0, 0.05) is 12.5 Å². The highest BCUT2D eigenvalue weighted by atomic mass is 19.4. The first-order valence-corrected chi connectivity index (χ1v) is 6.18. The van der Waals surface area contributed by atoms with Gasteiger partial charge in [-0.2, -0.15) is 13.2 Å². The summed E-state index contributed by atoms with van der Waals surface area (Å²) in [6.45, 7) is 6.64. The highest BCUT2D eigenvalue weighted by Gasteiger charge is 2.36. The van der Waals surface area contributed by atoms with Gasteiger partial charge in [-0.15, -0.1) is 0 Å². The Hall–Kier alpha value is -1.52. The fraction of sp³-hybridized carbons (Fsp3) is 0.500. The number of anilines is 1. The quantitative estimate of drug-likeness (QED) is 0.809. The van der Waals surface area contributed by atoms with E-state index in [9.17, 15) is 18.0 Å². The van der Waals surface area contributed by atoms with E-state index in [-0.39, 0.29) is 24.1 Å². The van der Waals surface area contributed by atoms with Crippen LogP contribution in [0.4, 0.5) is 18.9 Å². The zero-order valence-corrected chi connectivity index (χ0v) is 11.5. The van der Waals surface area contributed by atoms with Crippen molar-refractivity contribution in [1.29, 1.82) is 0 Å².